The Morgan fingerprint density at radius 3 is 2.71 bits per heavy atom. The van der Waals surface area contributed by atoms with Gasteiger partial charge in [-0.3, -0.25) is 14.9 Å². The lowest BCUT2D eigenvalue weighted by Crippen LogP contribution is -2.40. The van der Waals surface area contributed by atoms with Gasteiger partial charge in [0, 0.05) is 30.9 Å². The van der Waals surface area contributed by atoms with Crippen molar-refractivity contribution < 1.29 is 18.8 Å². The number of benzene rings is 1. The van der Waals surface area contributed by atoms with Crippen LogP contribution in [0.15, 0.2) is 18.2 Å². The number of hydrogen-bond donors (Lipinski definition) is 1. The van der Waals surface area contributed by atoms with Gasteiger partial charge in [0.05, 0.1) is 4.92 Å². The number of nitro benzene ring substituents is 1. The molecule has 1 aromatic carbocycles. The Labute approximate surface area is 121 Å². The van der Waals surface area contributed by atoms with Crippen LogP contribution in [0.3, 0.4) is 0 Å². The molecule has 0 radical (unpaired) electrons. The van der Waals surface area contributed by atoms with Crippen LogP contribution in [-0.2, 0) is 4.74 Å². The van der Waals surface area contributed by atoms with Crippen LogP contribution in [0.4, 0.5) is 10.1 Å². The number of nitrogens with zero attached hydrogens (tertiary/aromatic N) is 1. The van der Waals surface area contributed by atoms with E-state index in [9.17, 15) is 19.3 Å². The van der Waals surface area contributed by atoms with Crippen molar-refractivity contribution >= 4 is 11.6 Å². The first kappa shape index (κ1) is 15.4. The summed E-state index contributed by atoms with van der Waals surface area (Å²) in [5.41, 5.74) is -0.555. The van der Waals surface area contributed by atoms with E-state index in [-0.39, 0.29) is 11.6 Å². The Hall–Kier alpha value is -2.02. The minimum absolute atomic E-state index is 0.0559. The summed E-state index contributed by atoms with van der Waals surface area (Å²) in [7, 11) is 0. The number of rotatable bonds is 4. The van der Waals surface area contributed by atoms with Crippen molar-refractivity contribution in [2.45, 2.75) is 25.8 Å². The molecule has 1 atom stereocenters. The molecule has 1 aliphatic rings. The molecule has 1 N–H and O–H groups in total. The maximum Gasteiger partial charge on any atom is 0.304 e. The number of halogens is 1. The Morgan fingerprint density at radius 1 is 1.48 bits per heavy atom. The zero-order chi connectivity index (χ0) is 15.4. The van der Waals surface area contributed by atoms with Gasteiger partial charge in [0.2, 0.25) is 5.82 Å². The van der Waals surface area contributed by atoms with E-state index in [1.807, 2.05) is 6.92 Å². The molecule has 1 aromatic rings. The van der Waals surface area contributed by atoms with Crippen LogP contribution in [0.25, 0.3) is 0 Å². The van der Waals surface area contributed by atoms with E-state index >= 15 is 0 Å². The standard InChI is InChI=1S/C14H17FN2O4/c1-9(10-4-6-21-7-5-10)16-14(18)11-2-3-13(17(19)20)12(15)8-11/h2-3,8-10H,4-7H2,1H3,(H,16,18). The highest BCUT2D eigenvalue weighted by molar-refractivity contribution is 5.94. The Kier molecular flexibility index (Phi) is 4.85. The summed E-state index contributed by atoms with van der Waals surface area (Å²) < 4.78 is 18.8. The summed E-state index contributed by atoms with van der Waals surface area (Å²) in [6.45, 7) is 3.25. The van der Waals surface area contributed by atoms with E-state index in [2.05, 4.69) is 5.32 Å². The zero-order valence-corrected chi connectivity index (χ0v) is 11.7. The maximum atomic E-state index is 13.5. The van der Waals surface area contributed by atoms with Crippen LogP contribution >= 0.6 is 0 Å². The predicted octanol–water partition coefficient (Wildman–Crippen LogP) is 2.28. The molecule has 21 heavy (non-hydrogen) atoms. The quantitative estimate of drug-likeness (QED) is 0.682. The molecular weight excluding hydrogens is 279 g/mol. The minimum Gasteiger partial charge on any atom is -0.381 e. The highest BCUT2D eigenvalue weighted by Gasteiger charge is 2.23. The summed E-state index contributed by atoms with van der Waals surface area (Å²) in [5, 5.41) is 13.4. The monoisotopic (exact) mass is 296 g/mol. The summed E-state index contributed by atoms with van der Waals surface area (Å²) in [6.07, 6.45) is 1.74. The van der Waals surface area contributed by atoms with E-state index in [1.54, 1.807) is 0 Å². The van der Waals surface area contributed by atoms with E-state index in [1.165, 1.54) is 6.07 Å². The van der Waals surface area contributed by atoms with Crippen molar-refractivity contribution in [3.8, 4) is 0 Å². The number of ether oxygens (including phenoxy) is 1. The summed E-state index contributed by atoms with van der Waals surface area (Å²) >= 11 is 0. The lowest BCUT2D eigenvalue weighted by Gasteiger charge is -2.28. The van der Waals surface area contributed by atoms with E-state index in [0.717, 1.165) is 25.0 Å². The third kappa shape index (κ3) is 3.75. The van der Waals surface area contributed by atoms with Crippen LogP contribution in [0.2, 0.25) is 0 Å². The van der Waals surface area contributed by atoms with Crippen molar-refractivity contribution in [1.82, 2.24) is 5.32 Å². The number of hydrogen-bond acceptors (Lipinski definition) is 4. The topological polar surface area (TPSA) is 81.5 Å². The fourth-order valence-corrected chi connectivity index (χ4v) is 2.42. The van der Waals surface area contributed by atoms with Gasteiger partial charge in [-0.1, -0.05) is 0 Å². The van der Waals surface area contributed by atoms with Gasteiger partial charge in [-0.15, -0.1) is 0 Å². The molecule has 0 spiro atoms. The second kappa shape index (κ2) is 6.62. The van der Waals surface area contributed by atoms with Gasteiger partial charge in [0.1, 0.15) is 0 Å². The molecule has 7 heteroatoms. The molecule has 0 saturated carbocycles. The van der Waals surface area contributed by atoms with Crippen molar-refractivity contribution in [2.24, 2.45) is 5.92 Å². The first-order valence-corrected chi connectivity index (χ1v) is 6.81. The average Bonchev–Trinajstić information content (AvgIpc) is 2.47. The normalized spacial score (nSPS) is 17.2. The fraction of sp³-hybridized carbons (Fsp3) is 0.500. The SMILES string of the molecule is CC(NC(=O)c1ccc([N+](=O)[O-])c(F)c1)C1CCOCC1. The minimum atomic E-state index is -1.01. The molecule has 1 fully saturated rings. The highest BCUT2D eigenvalue weighted by Crippen LogP contribution is 2.20. The number of amides is 1. The van der Waals surface area contributed by atoms with Crippen LogP contribution in [0, 0.1) is 21.8 Å². The lowest BCUT2D eigenvalue weighted by molar-refractivity contribution is -0.387. The van der Waals surface area contributed by atoms with Crippen molar-refractivity contribution in [3.05, 3.63) is 39.7 Å². The van der Waals surface area contributed by atoms with Crippen molar-refractivity contribution in [3.63, 3.8) is 0 Å². The third-order valence-electron chi connectivity index (χ3n) is 3.74. The van der Waals surface area contributed by atoms with Gasteiger partial charge in [0.25, 0.3) is 5.91 Å². The molecule has 1 aliphatic heterocycles. The Morgan fingerprint density at radius 2 is 2.14 bits per heavy atom. The molecular formula is C14H17FN2O4. The molecule has 1 amide bonds. The Bertz CT molecular complexity index is 544. The molecule has 6 nitrogen and oxygen atoms in total. The van der Waals surface area contributed by atoms with Gasteiger partial charge in [0.15, 0.2) is 0 Å². The van der Waals surface area contributed by atoms with Crippen molar-refractivity contribution in [2.75, 3.05) is 13.2 Å². The molecule has 1 heterocycles. The largest absolute Gasteiger partial charge is 0.381 e. The van der Waals surface area contributed by atoms with Gasteiger partial charge in [-0.25, -0.2) is 0 Å². The number of nitrogens with one attached hydrogen (secondary N) is 1. The molecule has 0 bridgehead atoms. The van der Waals surface area contributed by atoms with E-state index in [0.29, 0.717) is 19.1 Å². The number of carbonyl (C=O) groups is 1. The number of nitro groups is 1. The van der Waals surface area contributed by atoms with Gasteiger partial charge in [-0.2, -0.15) is 4.39 Å². The summed E-state index contributed by atoms with van der Waals surface area (Å²) in [5.74, 6) is -1.11. The van der Waals surface area contributed by atoms with Crippen molar-refractivity contribution in [1.29, 1.82) is 0 Å². The molecule has 0 aromatic heterocycles. The molecule has 114 valence electrons. The van der Waals surface area contributed by atoms with Crippen LogP contribution < -0.4 is 5.32 Å². The average molecular weight is 296 g/mol. The van der Waals surface area contributed by atoms with Crippen LogP contribution in [0.5, 0.6) is 0 Å². The maximum absolute atomic E-state index is 13.5. The molecule has 1 saturated heterocycles. The summed E-state index contributed by atoms with van der Waals surface area (Å²) in [4.78, 5) is 21.8. The first-order chi connectivity index (χ1) is 9.99. The molecule has 1 unspecified atom stereocenters. The fourth-order valence-electron chi connectivity index (χ4n) is 2.42. The highest BCUT2D eigenvalue weighted by atomic mass is 19.1. The zero-order valence-electron chi connectivity index (χ0n) is 11.7. The van der Waals surface area contributed by atoms with E-state index < -0.39 is 22.3 Å². The van der Waals surface area contributed by atoms with Crippen LogP contribution in [0.1, 0.15) is 30.1 Å². The smallest absolute Gasteiger partial charge is 0.304 e. The predicted molar refractivity (Wildman–Crippen MR) is 73.5 cm³/mol. The van der Waals surface area contributed by atoms with Gasteiger partial charge >= 0.3 is 5.69 Å². The third-order valence-corrected chi connectivity index (χ3v) is 3.74. The molecule has 0 aliphatic carbocycles. The lowest BCUT2D eigenvalue weighted by atomic mass is 9.93. The number of carbonyl (C=O) groups excluding carboxylic acids is 1. The van der Waals surface area contributed by atoms with Gasteiger partial charge < -0.3 is 10.1 Å². The Balaban J connectivity index is 2.02. The summed E-state index contributed by atoms with van der Waals surface area (Å²) in [6, 6.07) is 3.10. The van der Waals surface area contributed by atoms with Crippen LogP contribution in [-0.4, -0.2) is 30.1 Å². The van der Waals surface area contributed by atoms with Gasteiger partial charge in [-0.05, 0) is 37.8 Å². The second-order valence-corrected chi connectivity index (χ2v) is 5.14. The second-order valence-electron chi connectivity index (χ2n) is 5.14. The molecule has 2 rings (SSSR count). The van der Waals surface area contributed by atoms with E-state index in [4.69, 9.17) is 4.74 Å². The first-order valence-electron chi connectivity index (χ1n) is 6.81.